The number of carbonyl (C=O) groups is 1. The quantitative estimate of drug-likeness (QED) is 0.880. The lowest BCUT2D eigenvalue weighted by Gasteiger charge is -2.08. The van der Waals surface area contributed by atoms with Crippen molar-refractivity contribution in [3.8, 4) is 0 Å². The van der Waals surface area contributed by atoms with Gasteiger partial charge in [0.1, 0.15) is 17.8 Å². The highest BCUT2D eigenvalue weighted by Crippen LogP contribution is 2.17. The molecule has 2 aromatic rings. The number of hydrogen-bond acceptors (Lipinski definition) is 5. The molecule has 0 aromatic carbocycles. The highest BCUT2D eigenvalue weighted by molar-refractivity contribution is 6.34. The van der Waals surface area contributed by atoms with Crippen LogP contribution in [0, 0.1) is 0 Å². The molecule has 0 bridgehead atoms. The van der Waals surface area contributed by atoms with Gasteiger partial charge in [-0.25, -0.2) is 9.67 Å². The second-order valence-electron chi connectivity index (χ2n) is 4.12. The van der Waals surface area contributed by atoms with Gasteiger partial charge in [-0.05, 0) is 18.6 Å². The van der Waals surface area contributed by atoms with Gasteiger partial charge in [0.05, 0.1) is 5.02 Å². The summed E-state index contributed by atoms with van der Waals surface area (Å²) in [6, 6.07) is 3.37. The highest BCUT2D eigenvalue weighted by Gasteiger charge is 2.15. The van der Waals surface area contributed by atoms with Crippen molar-refractivity contribution in [2.45, 2.75) is 13.3 Å². The van der Waals surface area contributed by atoms with Gasteiger partial charge in [0.15, 0.2) is 0 Å². The lowest BCUT2D eigenvalue weighted by molar-refractivity contribution is 0.102. The van der Waals surface area contributed by atoms with E-state index in [0.717, 1.165) is 13.0 Å². The van der Waals surface area contributed by atoms with Gasteiger partial charge in [0, 0.05) is 13.6 Å². The fourth-order valence-corrected chi connectivity index (χ4v) is 1.71. The van der Waals surface area contributed by atoms with Crippen molar-refractivity contribution in [2.75, 3.05) is 17.2 Å². The number of amides is 1. The van der Waals surface area contributed by atoms with E-state index < -0.39 is 5.91 Å². The van der Waals surface area contributed by atoms with E-state index in [0.29, 0.717) is 11.8 Å². The largest absolute Gasteiger partial charge is 0.370 e. The Hall–Kier alpha value is -2.15. The van der Waals surface area contributed by atoms with Crippen molar-refractivity contribution in [2.24, 2.45) is 7.05 Å². The lowest BCUT2D eigenvalue weighted by Crippen LogP contribution is -2.18. The Morgan fingerprint density at radius 2 is 2.25 bits per heavy atom. The molecule has 0 fully saturated rings. The number of carbonyl (C=O) groups excluding carboxylic acids is 1. The van der Waals surface area contributed by atoms with Crippen LogP contribution in [0.1, 0.15) is 23.8 Å². The van der Waals surface area contributed by atoms with E-state index in [1.165, 1.54) is 11.0 Å². The van der Waals surface area contributed by atoms with Gasteiger partial charge in [0.25, 0.3) is 5.91 Å². The number of nitrogens with one attached hydrogen (secondary N) is 2. The molecular weight excluding hydrogens is 280 g/mol. The predicted octanol–water partition coefficient (Wildman–Crippen LogP) is 1.94. The number of aryl methyl sites for hydroxylation is 1. The summed E-state index contributed by atoms with van der Waals surface area (Å²) >= 11 is 6.01. The fourth-order valence-electron chi connectivity index (χ4n) is 1.52. The molecule has 0 spiro atoms. The molecule has 0 aliphatic carbocycles. The summed E-state index contributed by atoms with van der Waals surface area (Å²) in [5.41, 5.74) is 0.149. The van der Waals surface area contributed by atoms with Crippen LogP contribution in [0.25, 0.3) is 0 Å². The molecule has 8 heteroatoms. The minimum absolute atomic E-state index is 0.149. The maximum absolute atomic E-state index is 12.1. The number of anilines is 2. The number of hydrogen-bond donors (Lipinski definition) is 2. The van der Waals surface area contributed by atoms with E-state index in [1.807, 2.05) is 6.92 Å². The monoisotopic (exact) mass is 294 g/mol. The summed E-state index contributed by atoms with van der Waals surface area (Å²) in [7, 11) is 1.68. The van der Waals surface area contributed by atoms with Gasteiger partial charge in [-0.2, -0.15) is 10.1 Å². The first kappa shape index (κ1) is 14.3. The summed E-state index contributed by atoms with van der Waals surface area (Å²) in [6.45, 7) is 2.82. The van der Waals surface area contributed by atoms with Crippen molar-refractivity contribution in [3.05, 3.63) is 29.2 Å². The van der Waals surface area contributed by atoms with Gasteiger partial charge in [-0.3, -0.25) is 10.1 Å². The summed E-state index contributed by atoms with van der Waals surface area (Å²) in [6.07, 6.45) is 2.31. The molecule has 2 aromatic heterocycles. The van der Waals surface area contributed by atoms with Gasteiger partial charge >= 0.3 is 0 Å². The Labute approximate surface area is 121 Å². The van der Waals surface area contributed by atoms with E-state index in [1.54, 1.807) is 19.2 Å². The molecule has 0 saturated carbocycles. The third-order valence-corrected chi connectivity index (χ3v) is 2.86. The number of rotatable bonds is 5. The van der Waals surface area contributed by atoms with Crippen LogP contribution >= 0.6 is 11.6 Å². The van der Waals surface area contributed by atoms with Crippen LogP contribution in [-0.4, -0.2) is 32.2 Å². The Bertz CT molecular complexity index is 612. The van der Waals surface area contributed by atoms with Crippen LogP contribution in [-0.2, 0) is 7.05 Å². The maximum atomic E-state index is 12.1. The molecule has 1 amide bonds. The second kappa shape index (κ2) is 6.33. The van der Waals surface area contributed by atoms with Crippen molar-refractivity contribution < 1.29 is 4.79 Å². The molecule has 7 nitrogen and oxygen atoms in total. The third kappa shape index (κ3) is 3.24. The molecular formula is C12H15ClN6O. The van der Waals surface area contributed by atoms with Crippen molar-refractivity contribution >= 4 is 29.3 Å². The fraction of sp³-hybridized carbons (Fsp3) is 0.333. The van der Waals surface area contributed by atoms with Crippen LogP contribution in [0.5, 0.6) is 0 Å². The average Bonchev–Trinajstić information content (AvgIpc) is 2.83. The van der Waals surface area contributed by atoms with Crippen molar-refractivity contribution in [3.63, 3.8) is 0 Å². The number of pyridine rings is 1. The SMILES string of the molecule is CCCNc1ccc(Cl)c(C(=O)Nc2ncnn2C)n1. The summed E-state index contributed by atoms with van der Waals surface area (Å²) < 4.78 is 1.45. The molecule has 0 atom stereocenters. The minimum atomic E-state index is -0.425. The van der Waals surface area contributed by atoms with E-state index in [4.69, 9.17) is 11.6 Å². The maximum Gasteiger partial charge on any atom is 0.278 e. The summed E-state index contributed by atoms with van der Waals surface area (Å²) in [4.78, 5) is 20.3. The molecule has 106 valence electrons. The number of halogens is 1. The average molecular weight is 295 g/mol. The Balaban J connectivity index is 2.18. The van der Waals surface area contributed by atoms with Crippen LogP contribution in [0.3, 0.4) is 0 Å². The molecule has 2 rings (SSSR count). The van der Waals surface area contributed by atoms with E-state index in [9.17, 15) is 4.79 Å². The standard InChI is InChI=1S/C12H15ClN6O/c1-3-6-14-9-5-4-8(13)10(17-9)11(20)18-12-15-7-16-19(12)2/h4-5,7H,3,6H2,1-2H3,(H,14,17)(H,15,16,18,20). The van der Waals surface area contributed by atoms with Gasteiger partial charge in [-0.15, -0.1) is 0 Å². The van der Waals surface area contributed by atoms with Crippen LogP contribution in [0.15, 0.2) is 18.5 Å². The van der Waals surface area contributed by atoms with Crippen LogP contribution < -0.4 is 10.6 Å². The van der Waals surface area contributed by atoms with Crippen molar-refractivity contribution in [1.29, 1.82) is 0 Å². The number of aromatic nitrogens is 4. The normalized spacial score (nSPS) is 10.3. The predicted molar refractivity (Wildman–Crippen MR) is 77.0 cm³/mol. The zero-order valence-electron chi connectivity index (χ0n) is 11.2. The molecule has 2 N–H and O–H groups in total. The Morgan fingerprint density at radius 3 is 2.90 bits per heavy atom. The van der Waals surface area contributed by atoms with E-state index >= 15 is 0 Å². The second-order valence-corrected chi connectivity index (χ2v) is 4.52. The molecule has 0 unspecified atom stereocenters. The van der Waals surface area contributed by atoms with E-state index in [-0.39, 0.29) is 10.7 Å². The van der Waals surface area contributed by atoms with Gasteiger partial charge < -0.3 is 5.32 Å². The summed E-state index contributed by atoms with van der Waals surface area (Å²) in [5, 5.41) is 9.86. The van der Waals surface area contributed by atoms with Crippen molar-refractivity contribution in [1.82, 2.24) is 19.7 Å². The lowest BCUT2D eigenvalue weighted by atomic mass is 10.3. The van der Waals surface area contributed by atoms with Crippen LogP contribution in [0.2, 0.25) is 5.02 Å². The smallest absolute Gasteiger partial charge is 0.278 e. The zero-order valence-corrected chi connectivity index (χ0v) is 12.0. The highest BCUT2D eigenvalue weighted by atomic mass is 35.5. The Morgan fingerprint density at radius 1 is 1.45 bits per heavy atom. The topological polar surface area (TPSA) is 84.7 Å². The number of nitrogens with zero attached hydrogens (tertiary/aromatic N) is 4. The molecule has 20 heavy (non-hydrogen) atoms. The zero-order chi connectivity index (χ0) is 14.5. The molecule has 2 heterocycles. The van der Waals surface area contributed by atoms with E-state index in [2.05, 4.69) is 25.7 Å². The first-order chi connectivity index (χ1) is 9.61. The first-order valence-electron chi connectivity index (χ1n) is 6.17. The Kier molecular flexibility index (Phi) is 4.52. The van der Waals surface area contributed by atoms with Crippen LogP contribution in [0.4, 0.5) is 11.8 Å². The first-order valence-corrected chi connectivity index (χ1v) is 6.55. The summed E-state index contributed by atoms with van der Waals surface area (Å²) in [5.74, 6) is 0.519. The molecule has 0 radical (unpaired) electrons. The molecule has 0 aliphatic heterocycles. The minimum Gasteiger partial charge on any atom is -0.370 e. The van der Waals surface area contributed by atoms with Gasteiger partial charge in [-0.1, -0.05) is 18.5 Å². The third-order valence-electron chi connectivity index (χ3n) is 2.55. The van der Waals surface area contributed by atoms with Gasteiger partial charge in [0.2, 0.25) is 5.95 Å². The molecule has 0 aliphatic rings. The molecule has 0 saturated heterocycles.